The van der Waals surface area contributed by atoms with Crippen molar-refractivity contribution in [3.05, 3.63) is 194 Å². The van der Waals surface area contributed by atoms with Crippen molar-refractivity contribution in [3.63, 3.8) is 0 Å². The van der Waals surface area contributed by atoms with E-state index in [1.54, 1.807) is 0 Å². The molecular formula is C51H32N4. The normalized spacial score (nSPS) is 11.6. The number of aromatic nitrogens is 4. The first-order valence-electron chi connectivity index (χ1n) is 18.6. The maximum absolute atomic E-state index is 5.31. The molecule has 0 saturated carbocycles. The average molecular weight is 701 g/mol. The Morgan fingerprint density at radius 1 is 0.364 bits per heavy atom. The van der Waals surface area contributed by atoms with Gasteiger partial charge in [0.15, 0.2) is 5.82 Å². The van der Waals surface area contributed by atoms with Gasteiger partial charge in [0.05, 0.1) is 27.8 Å². The van der Waals surface area contributed by atoms with Crippen molar-refractivity contribution in [1.82, 2.24) is 19.5 Å². The maximum atomic E-state index is 5.31. The van der Waals surface area contributed by atoms with Crippen molar-refractivity contribution in [3.8, 4) is 50.6 Å². The van der Waals surface area contributed by atoms with Crippen LogP contribution in [-0.2, 0) is 0 Å². The van der Waals surface area contributed by atoms with Gasteiger partial charge in [0, 0.05) is 55.5 Å². The molecule has 11 rings (SSSR count). The van der Waals surface area contributed by atoms with E-state index in [0.717, 1.165) is 71.9 Å². The topological polar surface area (TPSA) is 43.6 Å². The second-order valence-corrected chi connectivity index (χ2v) is 14.0. The van der Waals surface area contributed by atoms with Crippen LogP contribution in [0.1, 0.15) is 0 Å². The summed E-state index contributed by atoms with van der Waals surface area (Å²) in [6.07, 6.45) is 2.05. The van der Waals surface area contributed by atoms with Crippen LogP contribution in [0, 0.1) is 0 Å². The van der Waals surface area contributed by atoms with Gasteiger partial charge in [0.1, 0.15) is 0 Å². The molecule has 0 aliphatic rings. The number of hydrogen-bond acceptors (Lipinski definition) is 3. The average Bonchev–Trinajstić information content (AvgIpc) is 3.59. The van der Waals surface area contributed by atoms with E-state index in [9.17, 15) is 0 Å². The van der Waals surface area contributed by atoms with Crippen LogP contribution in [0.3, 0.4) is 0 Å². The molecule has 256 valence electrons. The number of pyridine rings is 1. The van der Waals surface area contributed by atoms with E-state index in [1.807, 2.05) is 12.1 Å². The molecule has 4 heteroatoms. The Morgan fingerprint density at radius 2 is 0.982 bits per heavy atom. The largest absolute Gasteiger partial charge is 0.309 e. The van der Waals surface area contributed by atoms with Gasteiger partial charge >= 0.3 is 0 Å². The van der Waals surface area contributed by atoms with Crippen LogP contribution < -0.4 is 0 Å². The lowest BCUT2D eigenvalue weighted by molar-refractivity contribution is 1.18. The molecule has 55 heavy (non-hydrogen) atoms. The van der Waals surface area contributed by atoms with Crippen molar-refractivity contribution < 1.29 is 0 Å². The molecule has 0 N–H and O–H groups in total. The van der Waals surface area contributed by atoms with Crippen LogP contribution in [-0.4, -0.2) is 19.5 Å². The molecule has 8 aromatic carbocycles. The summed E-state index contributed by atoms with van der Waals surface area (Å²) < 4.78 is 2.40. The number of rotatable bonds is 5. The van der Waals surface area contributed by atoms with Gasteiger partial charge < -0.3 is 4.57 Å². The molecule has 0 aliphatic heterocycles. The molecule has 11 aromatic rings. The first-order valence-corrected chi connectivity index (χ1v) is 18.6. The Hall–Kier alpha value is -7.43. The van der Waals surface area contributed by atoms with Gasteiger partial charge in [0.2, 0.25) is 0 Å². The van der Waals surface area contributed by atoms with E-state index in [4.69, 9.17) is 15.0 Å². The third-order valence-corrected chi connectivity index (χ3v) is 10.8. The zero-order valence-electron chi connectivity index (χ0n) is 29.8. The number of nitrogens with zero attached hydrogens (tertiary/aromatic N) is 4. The number of para-hydroxylation sites is 4. The third kappa shape index (κ3) is 5.11. The van der Waals surface area contributed by atoms with Gasteiger partial charge in [-0.15, -0.1) is 0 Å². The Bertz CT molecular complexity index is 3240. The summed E-state index contributed by atoms with van der Waals surface area (Å²) in [6.45, 7) is 0. The predicted molar refractivity (Wildman–Crippen MR) is 228 cm³/mol. The van der Waals surface area contributed by atoms with Crippen LogP contribution in [0.15, 0.2) is 194 Å². The van der Waals surface area contributed by atoms with Crippen molar-refractivity contribution in [2.75, 3.05) is 0 Å². The zero-order chi connectivity index (χ0) is 36.3. The molecule has 0 bridgehead atoms. The first-order chi connectivity index (χ1) is 27.3. The molecule has 3 heterocycles. The van der Waals surface area contributed by atoms with Gasteiger partial charge in [-0.25, -0.2) is 9.97 Å². The summed E-state index contributed by atoms with van der Waals surface area (Å²) >= 11 is 0. The van der Waals surface area contributed by atoms with Crippen LogP contribution in [0.2, 0.25) is 0 Å². The molecule has 0 saturated heterocycles. The lowest BCUT2D eigenvalue weighted by atomic mass is 9.91. The smallest absolute Gasteiger partial charge is 0.160 e. The van der Waals surface area contributed by atoms with E-state index in [0.29, 0.717) is 5.82 Å². The van der Waals surface area contributed by atoms with E-state index >= 15 is 0 Å². The minimum Gasteiger partial charge on any atom is -0.309 e. The lowest BCUT2D eigenvalue weighted by Gasteiger charge is -2.15. The second kappa shape index (κ2) is 12.6. The predicted octanol–water partition coefficient (Wildman–Crippen LogP) is 13.1. The minimum atomic E-state index is 0.689. The van der Waals surface area contributed by atoms with Crippen LogP contribution in [0.4, 0.5) is 0 Å². The van der Waals surface area contributed by atoms with Crippen LogP contribution in [0.25, 0.3) is 105 Å². The molecule has 0 amide bonds. The molecule has 0 unspecified atom stereocenters. The third-order valence-electron chi connectivity index (χ3n) is 10.8. The van der Waals surface area contributed by atoms with Crippen molar-refractivity contribution in [2.24, 2.45) is 0 Å². The Kier molecular flexibility index (Phi) is 7.14. The summed E-state index contributed by atoms with van der Waals surface area (Å²) in [5.41, 5.74) is 12.9. The standard InChI is InChI=1S/C51H32N4/c1-3-14-33(15-4-1)34-26-28-35(29-27-34)50-40-21-8-11-24-45(40)53-51(54-50)37-17-13-16-36(30-37)48-43-32-52-44-23-10-7-20-39(44)42(43)31-47-49(48)41-22-9-12-25-46(41)55(47)38-18-5-2-6-19-38/h1-32H. The van der Waals surface area contributed by atoms with Crippen molar-refractivity contribution in [2.45, 2.75) is 0 Å². The molecular weight excluding hydrogens is 669 g/mol. The van der Waals surface area contributed by atoms with Gasteiger partial charge in [0.25, 0.3) is 0 Å². The Balaban J connectivity index is 1.16. The Labute approximate surface area is 317 Å². The minimum absolute atomic E-state index is 0.689. The fraction of sp³-hybridized carbons (Fsp3) is 0. The number of fused-ring (bicyclic) bond motifs is 7. The van der Waals surface area contributed by atoms with Crippen LogP contribution in [0.5, 0.6) is 0 Å². The van der Waals surface area contributed by atoms with Gasteiger partial charge in [-0.1, -0.05) is 146 Å². The van der Waals surface area contributed by atoms with E-state index < -0.39 is 0 Å². The summed E-state index contributed by atoms with van der Waals surface area (Å²) in [5, 5.41) is 6.82. The van der Waals surface area contributed by atoms with Crippen molar-refractivity contribution >= 4 is 54.4 Å². The molecule has 0 spiro atoms. The summed E-state index contributed by atoms with van der Waals surface area (Å²) in [6, 6.07) is 66.4. The highest BCUT2D eigenvalue weighted by Gasteiger charge is 2.21. The molecule has 4 nitrogen and oxygen atoms in total. The summed E-state index contributed by atoms with van der Waals surface area (Å²) in [5.74, 6) is 0.689. The number of benzene rings is 8. The Morgan fingerprint density at radius 3 is 1.80 bits per heavy atom. The molecule has 0 atom stereocenters. The lowest BCUT2D eigenvalue weighted by Crippen LogP contribution is -1.96. The van der Waals surface area contributed by atoms with Gasteiger partial charge in [-0.2, -0.15) is 0 Å². The fourth-order valence-electron chi connectivity index (χ4n) is 8.29. The zero-order valence-corrected chi connectivity index (χ0v) is 29.8. The second-order valence-electron chi connectivity index (χ2n) is 14.0. The highest BCUT2D eigenvalue weighted by atomic mass is 15.0. The highest BCUT2D eigenvalue weighted by molar-refractivity contribution is 6.26. The van der Waals surface area contributed by atoms with Crippen LogP contribution >= 0.6 is 0 Å². The quantitative estimate of drug-likeness (QED) is 0.168. The number of hydrogen-bond donors (Lipinski definition) is 0. The van der Waals surface area contributed by atoms with E-state index in [2.05, 4.69) is 187 Å². The first kappa shape index (κ1) is 31.1. The van der Waals surface area contributed by atoms with Crippen molar-refractivity contribution in [1.29, 1.82) is 0 Å². The summed E-state index contributed by atoms with van der Waals surface area (Å²) in [4.78, 5) is 15.5. The van der Waals surface area contributed by atoms with E-state index in [-0.39, 0.29) is 0 Å². The summed E-state index contributed by atoms with van der Waals surface area (Å²) in [7, 11) is 0. The van der Waals surface area contributed by atoms with Gasteiger partial charge in [-0.05, 0) is 64.5 Å². The highest BCUT2D eigenvalue weighted by Crippen LogP contribution is 2.45. The monoisotopic (exact) mass is 700 g/mol. The molecule has 0 aliphatic carbocycles. The van der Waals surface area contributed by atoms with Gasteiger partial charge in [-0.3, -0.25) is 4.98 Å². The molecule has 0 fully saturated rings. The SMILES string of the molecule is c1ccc(-c2ccc(-c3nc(-c4cccc(-c5c6cnc7ccccc7c6cc6c5c5ccccc5n6-c5ccccc5)c4)nc4ccccc34)cc2)cc1. The molecule has 3 aromatic heterocycles. The molecule has 0 radical (unpaired) electrons. The van der Waals surface area contributed by atoms with E-state index in [1.165, 1.54) is 27.3 Å². The maximum Gasteiger partial charge on any atom is 0.160 e. The fourth-order valence-corrected chi connectivity index (χ4v) is 8.29.